The first kappa shape index (κ1) is 19.1. The summed E-state index contributed by atoms with van der Waals surface area (Å²) in [5.41, 5.74) is 2.04. The molecule has 1 aliphatic heterocycles. The van der Waals surface area contributed by atoms with E-state index in [1.165, 1.54) is 30.6 Å². The van der Waals surface area contributed by atoms with Gasteiger partial charge in [-0.15, -0.1) is 10.2 Å². The molecule has 0 radical (unpaired) electrons. The van der Waals surface area contributed by atoms with Crippen LogP contribution in [0, 0.1) is 5.92 Å². The van der Waals surface area contributed by atoms with Crippen molar-refractivity contribution in [2.75, 3.05) is 16.8 Å². The lowest BCUT2D eigenvalue weighted by Gasteiger charge is -2.19. The molecular formula is C21H26N4O2S. The summed E-state index contributed by atoms with van der Waals surface area (Å²) in [5, 5.41) is 12.9. The number of nitrogens with one attached hydrogen (secondary N) is 1. The van der Waals surface area contributed by atoms with Crippen molar-refractivity contribution >= 4 is 34.0 Å². The minimum atomic E-state index is -0.362. The highest BCUT2D eigenvalue weighted by Crippen LogP contribution is 2.35. The number of amides is 2. The molecule has 1 N–H and O–H groups in total. The van der Waals surface area contributed by atoms with E-state index in [4.69, 9.17) is 0 Å². The van der Waals surface area contributed by atoms with Gasteiger partial charge in [-0.1, -0.05) is 55.7 Å². The Balaban J connectivity index is 1.40. The number of para-hydroxylation sites is 1. The van der Waals surface area contributed by atoms with Crippen LogP contribution in [-0.2, 0) is 16.0 Å². The minimum absolute atomic E-state index is 0.00112. The number of aromatic nitrogens is 2. The van der Waals surface area contributed by atoms with Gasteiger partial charge in [-0.2, -0.15) is 0 Å². The highest BCUT2D eigenvalue weighted by atomic mass is 32.1. The van der Waals surface area contributed by atoms with E-state index in [-0.39, 0.29) is 24.2 Å². The predicted molar refractivity (Wildman–Crippen MR) is 111 cm³/mol. The van der Waals surface area contributed by atoms with Crippen molar-refractivity contribution in [3.05, 3.63) is 34.8 Å². The van der Waals surface area contributed by atoms with Crippen LogP contribution in [0.2, 0.25) is 0 Å². The largest absolute Gasteiger partial charge is 0.311 e. The second-order valence-electron chi connectivity index (χ2n) is 7.66. The number of anilines is 2. The molecule has 7 heteroatoms. The zero-order valence-corrected chi connectivity index (χ0v) is 17.0. The Hall–Kier alpha value is -2.28. The summed E-state index contributed by atoms with van der Waals surface area (Å²) in [5.74, 6) is -0.0252. The van der Waals surface area contributed by atoms with Gasteiger partial charge in [-0.25, -0.2) is 0 Å². The van der Waals surface area contributed by atoms with E-state index >= 15 is 0 Å². The van der Waals surface area contributed by atoms with E-state index in [1.54, 1.807) is 4.90 Å². The van der Waals surface area contributed by atoms with Gasteiger partial charge in [0, 0.05) is 24.6 Å². The standard InChI is InChI=1S/C21H26N4O2S/c1-2-14-8-6-7-11-17(14)25-13-16(12-18(25)26)19(27)22-21-24-23-20(28-21)15-9-4-3-5-10-15/h6-8,11,15-16H,2-5,9-10,12-13H2,1H3,(H,22,24,27). The van der Waals surface area contributed by atoms with Gasteiger partial charge in [0.1, 0.15) is 5.01 Å². The zero-order chi connectivity index (χ0) is 19.5. The molecule has 2 aliphatic rings. The summed E-state index contributed by atoms with van der Waals surface area (Å²) < 4.78 is 0. The van der Waals surface area contributed by atoms with Gasteiger partial charge in [-0.3, -0.25) is 9.59 Å². The zero-order valence-electron chi connectivity index (χ0n) is 16.2. The summed E-state index contributed by atoms with van der Waals surface area (Å²) in [6, 6.07) is 7.90. The van der Waals surface area contributed by atoms with Gasteiger partial charge in [0.25, 0.3) is 0 Å². The van der Waals surface area contributed by atoms with Crippen molar-refractivity contribution in [3.63, 3.8) is 0 Å². The number of carbonyl (C=O) groups excluding carboxylic acids is 2. The maximum atomic E-state index is 12.7. The molecule has 2 amide bonds. The lowest BCUT2D eigenvalue weighted by atomic mass is 9.90. The highest BCUT2D eigenvalue weighted by Gasteiger charge is 2.36. The summed E-state index contributed by atoms with van der Waals surface area (Å²) in [6.45, 7) is 2.49. The first-order valence-electron chi connectivity index (χ1n) is 10.2. The summed E-state index contributed by atoms with van der Waals surface area (Å²) in [6.07, 6.45) is 7.18. The maximum Gasteiger partial charge on any atom is 0.231 e. The molecule has 1 atom stereocenters. The molecule has 2 aromatic rings. The fourth-order valence-corrected chi connectivity index (χ4v) is 5.11. The predicted octanol–water partition coefficient (Wildman–Crippen LogP) is 4.14. The summed E-state index contributed by atoms with van der Waals surface area (Å²) >= 11 is 1.48. The molecule has 6 nitrogen and oxygen atoms in total. The second-order valence-corrected chi connectivity index (χ2v) is 8.67. The Morgan fingerprint density at radius 2 is 2.00 bits per heavy atom. The van der Waals surface area contributed by atoms with Crippen LogP contribution in [-0.4, -0.2) is 28.6 Å². The molecule has 28 heavy (non-hydrogen) atoms. The Bertz CT molecular complexity index is 860. The van der Waals surface area contributed by atoms with Gasteiger partial charge in [0.05, 0.1) is 5.92 Å². The van der Waals surface area contributed by atoms with Crippen LogP contribution in [0.1, 0.15) is 61.9 Å². The van der Waals surface area contributed by atoms with Crippen LogP contribution < -0.4 is 10.2 Å². The van der Waals surface area contributed by atoms with Crippen molar-refractivity contribution in [2.24, 2.45) is 5.92 Å². The van der Waals surface area contributed by atoms with E-state index in [0.717, 1.165) is 35.5 Å². The van der Waals surface area contributed by atoms with Crippen LogP contribution in [0.4, 0.5) is 10.8 Å². The van der Waals surface area contributed by atoms with Crippen LogP contribution in [0.5, 0.6) is 0 Å². The lowest BCUT2D eigenvalue weighted by molar-refractivity contribution is -0.122. The topological polar surface area (TPSA) is 75.2 Å². The quantitative estimate of drug-likeness (QED) is 0.821. The first-order chi connectivity index (χ1) is 13.7. The Kier molecular flexibility index (Phi) is 5.71. The number of hydrogen-bond donors (Lipinski definition) is 1. The number of carbonyl (C=O) groups is 2. The van der Waals surface area contributed by atoms with Crippen molar-refractivity contribution in [2.45, 2.75) is 57.8 Å². The van der Waals surface area contributed by atoms with Crippen LogP contribution in [0.15, 0.2) is 24.3 Å². The molecule has 1 aliphatic carbocycles. The lowest BCUT2D eigenvalue weighted by Crippen LogP contribution is -2.28. The molecule has 2 heterocycles. The average molecular weight is 399 g/mol. The van der Waals surface area contributed by atoms with Crippen molar-refractivity contribution in [1.82, 2.24) is 10.2 Å². The summed E-state index contributed by atoms with van der Waals surface area (Å²) in [4.78, 5) is 27.0. The van der Waals surface area contributed by atoms with E-state index in [1.807, 2.05) is 24.3 Å². The fourth-order valence-electron chi connectivity index (χ4n) is 4.20. The molecule has 0 bridgehead atoms. The first-order valence-corrected chi connectivity index (χ1v) is 11.0. The third-order valence-corrected chi connectivity index (χ3v) is 6.79. The Morgan fingerprint density at radius 1 is 1.21 bits per heavy atom. The fraction of sp³-hybridized carbons (Fsp3) is 0.524. The van der Waals surface area contributed by atoms with Gasteiger partial charge >= 0.3 is 0 Å². The molecule has 148 valence electrons. The van der Waals surface area contributed by atoms with Crippen molar-refractivity contribution in [1.29, 1.82) is 0 Å². The third kappa shape index (κ3) is 3.94. The molecule has 4 rings (SSSR count). The number of nitrogens with zero attached hydrogens (tertiary/aromatic N) is 3. The Morgan fingerprint density at radius 3 is 2.79 bits per heavy atom. The van der Waals surface area contributed by atoms with E-state index in [2.05, 4.69) is 22.4 Å². The molecule has 1 saturated heterocycles. The van der Waals surface area contributed by atoms with Crippen molar-refractivity contribution in [3.8, 4) is 0 Å². The second kappa shape index (κ2) is 8.39. The van der Waals surface area contributed by atoms with E-state index in [9.17, 15) is 9.59 Å². The van der Waals surface area contributed by atoms with Crippen LogP contribution in [0.25, 0.3) is 0 Å². The molecular weight excluding hydrogens is 372 g/mol. The van der Waals surface area contributed by atoms with E-state index in [0.29, 0.717) is 17.6 Å². The van der Waals surface area contributed by atoms with Crippen molar-refractivity contribution < 1.29 is 9.59 Å². The minimum Gasteiger partial charge on any atom is -0.311 e. The third-order valence-electron chi connectivity index (χ3n) is 5.78. The molecule has 1 aromatic heterocycles. The molecule has 0 spiro atoms. The average Bonchev–Trinajstić information content (AvgIpc) is 3.35. The van der Waals surface area contributed by atoms with Crippen LogP contribution >= 0.6 is 11.3 Å². The maximum absolute atomic E-state index is 12.7. The number of rotatable bonds is 5. The SMILES string of the molecule is CCc1ccccc1N1CC(C(=O)Nc2nnc(C3CCCCC3)s2)CC1=O. The molecule has 1 aromatic carbocycles. The van der Waals surface area contributed by atoms with Gasteiger partial charge in [0.15, 0.2) is 0 Å². The molecule has 1 unspecified atom stereocenters. The van der Waals surface area contributed by atoms with E-state index < -0.39 is 0 Å². The van der Waals surface area contributed by atoms with Gasteiger partial charge in [0.2, 0.25) is 16.9 Å². The smallest absolute Gasteiger partial charge is 0.231 e. The number of hydrogen-bond acceptors (Lipinski definition) is 5. The van der Waals surface area contributed by atoms with Gasteiger partial charge in [-0.05, 0) is 30.9 Å². The monoisotopic (exact) mass is 398 g/mol. The van der Waals surface area contributed by atoms with Gasteiger partial charge < -0.3 is 10.2 Å². The highest BCUT2D eigenvalue weighted by molar-refractivity contribution is 7.15. The molecule has 1 saturated carbocycles. The van der Waals surface area contributed by atoms with Crippen LogP contribution in [0.3, 0.4) is 0 Å². The Labute approximate surface area is 169 Å². The normalized spacial score (nSPS) is 20.5. The number of aryl methyl sites for hydroxylation is 1. The molecule has 2 fully saturated rings. The number of benzene rings is 1. The summed E-state index contributed by atoms with van der Waals surface area (Å²) in [7, 11) is 0.